The third-order valence-electron chi connectivity index (χ3n) is 3.04. The van der Waals surface area contributed by atoms with Gasteiger partial charge in [-0.3, -0.25) is 0 Å². The van der Waals surface area contributed by atoms with E-state index in [2.05, 4.69) is 45.0 Å². The Morgan fingerprint density at radius 1 is 1.33 bits per heavy atom. The van der Waals surface area contributed by atoms with Crippen LogP contribution >= 0.6 is 0 Å². The molecule has 15 heavy (non-hydrogen) atoms. The second-order valence-electron chi connectivity index (χ2n) is 5.44. The highest BCUT2D eigenvalue weighted by atomic mass is 16.3. The highest BCUT2D eigenvalue weighted by Gasteiger charge is 2.24. The third-order valence-corrected chi connectivity index (χ3v) is 3.04. The first-order valence-corrected chi connectivity index (χ1v) is 5.88. The molecule has 2 unspecified atom stereocenters. The first-order chi connectivity index (χ1) is 6.79. The van der Waals surface area contributed by atoms with Crippen LogP contribution in [0, 0.1) is 5.41 Å². The van der Waals surface area contributed by atoms with E-state index in [4.69, 9.17) is 0 Å². The van der Waals surface area contributed by atoms with Gasteiger partial charge in [-0.05, 0) is 25.9 Å². The number of hydrogen-bond donors (Lipinski definition) is 2. The Bertz CT molecular complexity index is 165. The molecule has 0 aromatic carbocycles. The topological polar surface area (TPSA) is 35.5 Å². The second-order valence-corrected chi connectivity index (χ2v) is 5.44. The zero-order chi connectivity index (χ0) is 12.1. The molecule has 3 nitrogen and oxygen atoms in total. The minimum absolute atomic E-state index is 0.257. The van der Waals surface area contributed by atoms with Gasteiger partial charge in [-0.15, -0.1) is 0 Å². The van der Waals surface area contributed by atoms with Crippen molar-refractivity contribution in [2.24, 2.45) is 5.41 Å². The molecule has 0 fully saturated rings. The van der Waals surface area contributed by atoms with Crippen molar-refractivity contribution in [3.8, 4) is 0 Å². The zero-order valence-corrected chi connectivity index (χ0v) is 11.2. The third kappa shape index (κ3) is 6.13. The van der Waals surface area contributed by atoms with Crippen LogP contribution in [0.2, 0.25) is 0 Å². The molecule has 0 aliphatic heterocycles. The molecular formula is C12H28N2O. The Kier molecular flexibility index (Phi) is 6.41. The molecule has 2 atom stereocenters. The number of aliphatic hydroxyl groups excluding tert-OH is 1. The minimum atomic E-state index is -0.278. The normalized spacial score (nSPS) is 16.8. The first kappa shape index (κ1) is 14.9. The maximum Gasteiger partial charge on any atom is 0.0791 e. The minimum Gasteiger partial charge on any atom is -0.390 e. The molecule has 0 saturated carbocycles. The average Bonchev–Trinajstić information content (AvgIpc) is 2.11. The van der Waals surface area contributed by atoms with Crippen LogP contribution in [0.3, 0.4) is 0 Å². The van der Waals surface area contributed by atoms with Gasteiger partial charge < -0.3 is 15.3 Å². The van der Waals surface area contributed by atoms with Crippen molar-refractivity contribution in [3.63, 3.8) is 0 Å². The predicted octanol–water partition coefficient (Wildman–Crippen LogP) is 1.32. The molecule has 0 amide bonds. The van der Waals surface area contributed by atoms with Crippen LogP contribution in [0.4, 0.5) is 0 Å². The lowest BCUT2D eigenvalue weighted by atomic mass is 9.87. The van der Waals surface area contributed by atoms with Gasteiger partial charge in [0.2, 0.25) is 0 Å². The van der Waals surface area contributed by atoms with E-state index < -0.39 is 0 Å². The van der Waals surface area contributed by atoms with Gasteiger partial charge in [-0.2, -0.15) is 0 Å². The maximum absolute atomic E-state index is 9.76. The first-order valence-electron chi connectivity index (χ1n) is 5.88. The number of rotatable bonds is 6. The fourth-order valence-corrected chi connectivity index (χ4v) is 1.53. The molecule has 0 aromatic rings. The highest BCUT2D eigenvalue weighted by molar-refractivity contribution is 4.79. The second kappa shape index (κ2) is 6.46. The lowest BCUT2D eigenvalue weighted by Crippen LogP contribution is -2.45. The molecule has 0 aromatic heterocycles. The summed E-state index contributed by atoms with van der Waals surface area (Å²) in [5.74, 6) is 0. The van der Waals surface area contributed by atoms with Gasteiger partial charge in [-0.25, -0.2) is 0 Å². The van der Waals surface area contributed by atoms with Gasteiger partial charge in [0, 0.05) is 19.1 Å². The molecule has 0 aliphatic carbocycles. The van der Waals surface area contributed by atoms with Gasteiger partial charge in [-0.1, -0.05) is 27.7 Å². The van der Waals surface area contributed by atoms with E-state index in [0.29, 0.717) is 12.6 Å². The summed E-state index contributed by atoms with van der Waals surface area (Å²) in [6.45, 7) is 13.3. The Hall–Kier alpha value is -0.120. The van der Waals surface area contributed by atoms with Crippen LogP contribution in [0.25, 0.3) is 0 Å². The fourth-order valence-electron chi connectivity index (χ4n) is 1.53. The summed E-state index contributed by atoms with van der Waals surface area (Å²) in [4.78, 5) is 2.22. The summed E-state index contributed by atoms with van der Waals surface area (Å²) in [5.41, 5.74) is 0.257. The Labute approximate surface area is 94.9 Å². The predicted molar refractivity (Wildman–Crippen MR) is 66.1 cm³/mol. The Morgan fingerprint density at radius 2 is 1.87 bits per heavy atom. The standard InChI is InChI=1S/C12H28N2O/c1-7-13-8-11(15)9-14(6)10(2)12(3,4)5/h10-11,13,15H,7-9H2,1-6H3. The highest BCUT2D eigenvalue weighted by Crippen LogP contribution is 2.22. The molecule has 0 bridgehead atoms. The van der Waals surface area contributed by atoms with Crippen molar-refractivity contribution in [2.45, 2.75) is 46.8 Å². The van der Waals surface area contributed by atoms with E-state index in [1.807, 2.05) is 6.92 Å². The Morgan fingerprint density at radius 3 is 2.27 bits per heavy atom. The van der Waals surface area contributed by atoms with Crippen LogP contribution in [0.15, 0.2) is 0 Å². The zero-order valence-electron chi connectivity index (χ0n) is 11.2. The van der Waals surface area contributed by atoms with Gasteiger partial charge in [0.05, 0.1) is 6.10 Å². The summed E-state index contributed by atoms with van der Waals surface area (Å²) in [6.07, 6.45) is -0.278. The van der Waals surface area contributed by atoms with Crippen molar-refractivity contribution >= 4 is 0 Å². The van der Waals surface area contributed by atoms with E-state index >= 15 is 0 Å². The smallest absolute Gasteiger partial charge is 0.0791 e. The fraction of sp³-hybridized carbons (Fsp3) is 1.00. The van der Waals surface area contributed by atoms with Gasteiger partial charge >= 0.3 is 0 Å². The summed E-state index contributed by atoms with van der Waals surface area (Å²) < 4.78 is 0. The van der Waals surface area contributed by atoms with Crippen LogP contribution in [-0.2, 0) is 0 Å². The van der Waals surface area contributed by atoms with E-state index in [1.54, 1.807) is 0 Å². The molecule has 0 radical (unpaired) electrons. The van der Waals surface area contributed by atoms with Crippen LogP contribution in [0.1, 0.15) is 34.6 Å². The molecule has 3 heteroatoms. The molecule has 0 aliphatic rings. The quantitative estimate of drug-likeness (QED) is 0.703. The summed E-state index contributed by atoms with van der Waals surface area (Å²) in [5, 5.41) is 12.9. The van der Waals surface area contributed by atoms with Crippen molar-refractivity contribution in [3.05, 3.63) is 0 Å². The summed E-state index contributed by atoms with van der Waals surface area (Å²) >= 11 is 0. The van der Waals surface area contributed by atoms with Crippen molar-refractivity contribution < 1.29 is 5.11 Å². The molecule has 0 saturated heterocycles. The number of aliphatic hydroxyl groups is 1. The molecule has 0 rings (SSSR count). The van der Waals surface area contributed by atoms with Crippen LogP contribution in [-0.4, -0.2) is 48.8 Å². The number of nitrogens with zero attached hydrogens (tertiary/aromatic N) is 1. The van der Waals surface area contributed by atoms with Gasteiger partial charge in [0.15, 0.2) is 0 Å². The monoisotopic (exact) mass is 216 g/mol. The van der Waals surface area contributed by atoms with Crippen LogP contribution in [0.5, 0.6) is 0 Å². The van der Waals surface area contributed by atoms with E-state index in [9.17, 15) is 5.11 Å². The summed E-state index contributed by atoms with van der Waals surface area (Å²) in [6, 6.07) is 0.466. The maximum atomic E-state index is 9.76. The van der Waals surface area contributed by atoms with Gasteiger partial charge in [0.1, 0.15) is 0 Å². The molecule has 0 heterocycles. The van der Waals surface area contributed by atoms with E-state index in [1.165, 1.54) is 0 Å². The Balaban J connectivity index is 3.96. The van der Waals surface area contributed by atoms with E-state index in [-0.39, 0.29) is 11.5 Å². The lowest BCUT2D eigenvalue weighted by molar-refractivity contribution is 0.0717. The average molecular weight is 216 g/mol. The van der Waals surface area contributed by atoms with Crippen molar-refractivity contribution in [1.82, 2.24) is 10.2 Å². The van der Waals surface area contributed by atoms with E-state index in [0.717, 1.165) is 13.1 Å². The molecule has 92 valence electrons. The molecule has 0 spiro atoms. The SMILES string of the molecule is CCNCC(O)CN(C)C(C)C(C)(C)C. The van der Waals surface area contributed by atoms with Crippen molar-refractivity contribution in [1.29, 1.82) is 0 Å². The lowest BCUT2D eigenvalue weighted by Gasteiger charge is -2.36. The molecule has 2 N–H and O–H groups in total. The number of nitrogens with one attached hydrogen (secondary N) is 1. The number of likely N-dealkylation sites (N-methyl/N-ethyl adjacent to an activating group) is 2. The van der Waals surface area contributed by atoms with Gasteiger partial charge in [0.25, 0.3) is 0 Å². The van der Waals surface area contributed by atoms with Crippen LogP contribution < -0.4 is 5.32 Å². The molecular weight excluding hydrogens is 188 g/mol. The van der Waals surface area contributed by atoms with Crippen molar-refractivity contribution in [2.75, 3.05) is 26.7 Å². The summed E-state index contributed by atoms with van der Waals surface area (Å²) in [7, 11) is 2.07. The largest absolute Gasteiger partial charge is 0.390 e. The number of hydrogen-bond acceptors (Lipinski definition) is 3.